The summed E-state index contributed by atoms with van der Waals surface area (Å²) in [5.74, 6) is -0.516. The van der Waals surface area contributed by atoms with Crippen molar-refractivity contribution in [2.45, 2.75) is 56.1 Å². The fourth-order valence-corrected chi connectivity index (χ4v) is 4.12. The van der Waals surface area contributed by atoms with Gasteiger partial charge >= 0.3 is 11.5 Å². The quantitative estimate of drug-likeness (QED) is 0.864. The second kappa shape index (κ2) is 6.56. The fourth-order valence-electron chi connectivity index (χ4n) is 3.58. The molecule has 1 heterocycles. The molecule has 0 radical (unpaired) electrons. The Balaban J connectivity index is 1.99. The lowest BCUT2D eigenvalue weighted by Gasteiger charge is -2.47. The lowest BCUT2D eigenvalue weighted by atomic mass is 9.76. The van der Waals surface area contributed by atoms with Crippen molar-refractivity contribution >= 4 is 17.7 Å². The van der Waals surface area contributed by atoms with Crippen LogP contribution in [0.3, 0.4) is 0 Å². The zero-order valence-corrected chi connectivity index (χ0v) is 12.1. The van der Waals surface area contributed by atoms with E-state index >= 15 is 0 Å². The number of carboxylic acids is 1. The van der Waals surface area contributed by atoms with Gasteiger partial charge in [0, 0.05) is 18.3 Å². The van der Waals surface area contributed by atoms with Crippen molar-refractivity contribution in [1.82, 2.24) is 4.90 Å². The van der Waals surface area contributed by atoms with Gasteiger partial charge in [-0.2, -0.15) is 13.2 Å². The number of hydrogen-bond acceptors (Lipinski definition) is 3. The minimum atomic E-state index is -4.24. The molecule has 0 aromatic rings. The highest BCUT2D eigenvalue weighted by Gasteiger charge is 2.41. The van der Waals surface area contributed by atoms with Crippen LogP contribution in [0.2, 0.25) is 0 Å². The highest BCUT2D eigenvalue weighted by molar-refractivity contribution is 8.00. The van der Waals surface area contributed by atoms with Crippen LogP contribution in [0.5, 0.6) is 0 Å². The first-order valence-electron chi connectivity index (χ1n) is 7.08. The highest BCUT2D eigenvalue weighted by atomic mass is 32.2. The predicted octanol–water partition coefficient (Wildman–Crippen LogP) is 3.35. The zero-order chi connectivity index (χ0) is 14.8. The molecule has 3 nitrogen and oxygen atoms in total. The van der Waals surface area contributed by atoms with Gasteiger partial charge in [-0.1, -0.05) is 12.8 Å². The number of halogens is 3. The molecule has 7 heteroatoms. The number of carboxylic acid groups (broad SMARTS) is 1. The second-order valence-electron chi connectivity index (χ2n) is 5.58. The van der Waals surface area contributed by atoms with Gasteiger partial charge in [-0.25, -0.2) is 0 Å². The Morgan fingerprint density at radius 2 is 1.90 bits per heavy atom. The summed E-state index contributed by atoms with van der Waals surface area (Å²) in [6.45, 7) is 0.211. The van der Waals surface area contributed by atoms with Crippen LogP contribution in [0.25, 0.3) is 0 Å². The summed E-state index contributed by atoms with van der Waals surface area (Å²) in [6, 6.07) is -0.449. The topological polar surface area (TPSA) is 40.5 Å². The summed E-state index contributed by atoms with van der Waals surface area (Å²) in [5.41, 5.74) is -4.24. The van der Waals surface area contributed by atoms with E-state index in [2.05, 4.69) is 0 Å². The van der Waals surface area contributed by atoms with E-state index in [1.54, 1.807) is 0 Å². The van der Waals surface area contributed by atoms with Crippen LogP contribution in [-0.4, -0.2) is 45.9 Å². The van der Waals surface area contributed by atoms with Crippen LogP contribution in [0, 0.1) is 5.92 Å². The van der Waals surface area contributed by atoms with E-state index in [1.165, 1.54) is 0 Å². The molecule has 116 valence electrons. The summed E-state index contributed by atoms with van der Waals surface area (Å²) in [6.07, 6.45) is 5.67. The number of rotatable bonds is 4. The standard InChI is InChI=1S/C13H20F3NO2S/c14-13(15,16)20-8-7-17-10-4-2-1-3-9(10)5-6-11(17)12(18)19/h9-11H,1-8H2,(H,18,19). The van der Waals surface area contributed by atoms with E-state index in [-0.39, 0.29) is 30.1 Å². The van der Waals surface area contributed by atoms with Crippen LogP contribution in [0.15, 0.2) is 0 Å². The van der Waals surface area contributed by atoms with Gasteiger partial charge in [0.25, 0.3) is 0 Å². The molecule has 1 saturated carbocycles. The number of piperidine rings is 1. The Hall–Kier alpha value is -0.430. The first-order valence-corrected chi connectivity index (χ1v) is 8.06. The van der Waals surface area contributed by atoms with Crippen molar-refractivity contribution in [3.63, 3.8) is 0 Å². The molecule has 0 aromatic carbocycles. The minimum absolute atomic E-state index is 0.0543. The van der Waals surface area contributed by atoms with Crippen molar-refractivity contribution in [3.8, 4) is 0 Å². The molecule has 2 fully saturated rings. The SMILES string of the molecule is O=C(O)C1CCC2CCCCC2N1CCSC(F)(F)F. The van der Waals surface area contributed by atoms with Crippen LogP contribution >= 0.6 is 11.8 Å². The first kappa shape index (κ1) is 15.9. The molecule has 3 unspecified atom stereocenters. The monoisotopic (exact) mass is 311 g/mol. The van der Waals surface area contributed by atoms with Gasteiger partial charge in [-0.05, 0) is 43.4 Å². The maximum atomic E-state index is 12.2. The molecule has 0 aromatic heterocycles. The van der Waals surface area contributed by atoms with E-state index in [9.17, 15) is 23.1 Å². The van der Waals surface area contributed by atoms with Crippen LogP contribution in [0.4, 0.5) is 13.2 Å². The molecular weight excluding hydrogens is 291 g/mol. The Bertz CT molecular complexity index is 351. The number of carbonyl (C=O) groups is 1. The van der Waals surface area contributed by atoms with Gasteiger partial charge in [0.05, 0.1) is 0 Å². The summed E-state index contributed by atoms with van der Waals surface area (Å²) in [4.78, 5) is 13.2. The molecule has 1 N–H and O–H groups in total. The number of nitrogens with zero attached hydrogens (tertiary/aromatic N) is 1. The van der Waals surface area contributed by atoms with Crippen molar-refractivity contribution in [3.05, 3.63) is 0 Å². The molecule has 1 aliphatic carbocycles. The maximum Gasteiger partial charge on any atom is 0.441 e. The van der Waals surface area contributed by atoms with Gasteiger partial charge in [-0.3, -0.25) is 9.69 Å². The Morgan fingerprint density at radius 3 is 2.55 bits per heavy atom. The van der Waals surface area contributed by atoms with E-state index in [1.807, 2.05) is 4.90 Å². The van der Waals surface area contributed by atoms with Crippen LogP contribution in [0.1, 0.15) is 38.5 Å². The molecule has 0 amide bonds. The molecule has 2 rings (SSSR count). The largest absolute Gasteiger partial charge is 0.480 e. The van der Waals surface area contributed by atoms with Crippen molar-refractivity contribution in [1.29, 1.82) is 0 Å². The summed E-state index contributed by atoms with van der Waals surface area (Å²) < 4.78 is 36.7. The molecule has 20 heavy (non-hydrogen) atoms. The summed E-state index contributed by atoms with van der Waals surface area (Å²) >= 11 is -0.0543. The predicted molar refractivity (Wildman–Crippen MR) is 71.6 cm³/mol. The molecule has 1 aliphatic heterocycles. The van der Waals surface area contributed by atoms with Crippen LogP contribution < -0.4 is 0 Å². The second-order valence-corrected chi connectivity index (χ2v) is 6.74. The Labute approximate surface area is 120 Å². The van der Waals surface area contributed by atoms with Gasteiger partial charge < -0.3 is 5.11 Å². The summed E-state index contributed by atoms with van der Waals surface area (Å²) in [7, 11) is 0. The molecule has 0 spiro atoms. The zero-order valence-electron chi connectivity index (χ0n) is 11.2. The molecule has 1 saturated heterocycles. The third-order valence-electron chi connectivity index (χ3n) is 4.41. The molecular formula is C13H20F3NO2S. The molecule has 0 bridgehead atoms. The van der Waals surface area contributed by atoms with E-state index in [4.69, 9.17) is 0 Å². The smallest absolute Gasteiger partial charge is 0.441 e. The van der Waals surface area contributed by atoms with Crippen molar-refractivity contribution in [2.75, 3.05) is 12.3 Å². The Kier molecular flexibility index (Phi) is 5.23. The van der Waals surface area contributed by atoms with Gasteiger partial charge in [0.15, 0.2) is 0 Å². The lowest BCUT2D eigenvalue weighted by Crippen LogP contribution is -2.55. The number of thioether (sulfide) groups is 1. The lowest BCUT2D eigenvalue weighted by molar-refractivity contribution is -0.147. The number of likely N-dealkylation sites (tertiary alicyclic amines) is 1. The maximum absolute atomic E-state index is 12.2. The molecule has 2 aliphatic rings. The molecule has 3 atom stereocenters. The van der Waals surface area contributed by atoms with Gasteiger partial charge in [-0.15, -0.1) is 0 Å². The number of alkyl halides is 3. The fraction of sp³-hybridized carbons (Fsp3) is 0.923. The van der Waals surface area contributed by atoms with Crippen molar-refractivity contribution in [2.24, 2.45) is 5.92 Å². The van der Waals surface area contributed by atoms with E-state index in [0.717, 1.165) is 32.1 Å². The van der Waals surface area contributed by atoms with Gasteiger partial charge in [0.2, 0.25) is 0 Å². The van der Waals surface area contributed by atoms with E-state index < -0.39 is 17.5 Å². The van der Waals surface area contributed by atoms with Crippen molar-refractivity contribution < 1.29 is 23.1 Å². The Morgan fingerprint density at radius 1 is 1.20 bits per heavy atom. The highest BCUT2D eigenvalue weighted by Crippen LogP contribution is 2.38. The number of hydrogen-bond donors (Lipinski definition) is 1. The average Bonchev–Trinajstić information content (AvgIpc) is 2.37. The average molecular weight is 311 g/mol. The number of aliphatic carboxylic acids is 1. The van der Waals surface area contributed by atoms with E-state index in [0.29, 0.717) is 12.3 Å². The first-order chi connectivity index (χ1) is 9.38. The number of fused-ring (bicyclic) bond motifs is 1. The van der Waals surface area contributed by atoms with Gasteiger partial charge in [0.1, 0.15) is 6.04 Å². The van der Waals surface area contributed by atoms with Crippen LogP contribution in [-0.2, 0) is 4.79 Å². The summed E-state index contributed by atoms with van der Waals surface area (Å²) in [5, 5.41) is 9.29. The normalized spacial score (nSPS) is 31.9. The minimum Gasteiger partial charge on any atom is -0.480 e. The third-order valence-corrected chi connectivity index (χ3v) is 5.12. The third kappa shape index (κ3) is 4.04.